The van der Waals surface area contributed by atoms with Crippen LogP contribution in [0.4, 0.5) is 4.39 Å². The van der Waals surface area contributed by atoms with Gasteiger partial charge >= 0.3 is 5.97 Å². The highest BCUT2D eigenvalue weighted by atomic mass is 19.1. The van der Waals surface area contributed by atoms with Gasteiger partial charge in [-0.1, -0.05) is 6.92 Å². The van der Waals surface area contributed by atoms with Gasteiger partial charge < -0.3 is 24.8 Å². The van der Waals surface area contributed by atoms with E-state index in [-0.39, 0.29) is 48.0 Å². The number of aromatic nitrogens is 2. The highest BCUT2D eigenvalue weighted by molar-refractivity contribution is 5.94. The first-order chi connectivity index (χ1) is 19.5. The number of amides is 1. The fourth-order valence-electron chi connectivity index (χ4n) is 7.25. The Kier molecular flexibility index (Phi) is 5.70. The van der Waals surface area contributed by atoms with Crippen LogP contribution in [0.25, 0.3) is 22.3 Å². The number of carbonyl (C=O) groups is 2. The van der Waals surface area contributed by atoms with Gasteiger partial charge in [0.25, 0.3) is 5.56 Å². The van der Waals surface area contributed by atoms with Crippen LogP contribution in [-0.2, 0) is 39.5 Å². The maximum atomic E-state index is 15.1. The Balaban J connectivity index is 1.43. The largest absolute Gasteiger partial charge is 0.458 e. The quantitative estimate of drug-likeness (QED) is 0.322. The maximum Gasteiger partial charge on any atom is 0.343 e. The lowest BCUT2D eigenvalue weighted by molar-refractivity contribution is -0.172. The molecule has 10 nitrogen and oxygen atoms in total. The van der Waals surface area contributed by atoms with Crippen molar-refractivity contribution in [1.82, 2.24) is 19.8 Å². The summed E-state index contributed by atoms with van der Waals surface area (Å²) in [5, 5.41) is 25.3. The van der Waals surface area contributed by atoms with Crippen LogP contribution >= 0.6 is 0 Å². The van der Waals surface area contributed by atoms with Crippen LogP contribution in [0.1, 0.15) is 65.6 Å². The molecule has 0 spiro atoms. The minimum atomic E-state index is -1.96. The van der Waals surface area contributed by atoms with Gasteiger partial charge in [-0.05, 0) is 62.4 Å². The van der Waals surface area contributed by atoms with E-state index in [1.165, 1.54) is 6.07 Å². The molecule has 1 aliphatic carbocycles. The van der Waals surface area contributed by atoms with Crippen LogP contribution in [-0.4, -0.2) is 62.3 Å². The summed E-state index contributed by atoms with van der Waals surface area (Å²) in [6, 6.07) is 2.14. The number of carbonyl (C=O) groups excluding carboxylic acids is 2. The number of nitrogens with one attached hydrogen (secondary N) is 1. The molecule has 1 amide bonds. The number of rotatable bonds is 3. The third-order valence-electron chi connectivity index (χ3n) is 9.52. The smallest absolute Gasteiger partial charge is 0.343 e. The second-order valence-corrected chi connectivity index (χ2v) is 11.8. The molecular formula is C30H31FN4O6. The van der Waals surface area contributed by atoms with Gasteiger partial charge in [0.2, 0.25) is 5.91 Å². The molecule has 214 valence electrons. The predicted octanol–water partition coefficient (Wildman–Crippen LogP) is 1.70. The van der Waals surface area contributed by atoms with Gasteiger partial charge in [-0.15, -0.1) is 0 Å². The Labute approximate surface area is 234 Å². The minimum Gasteiger partial charge on any atom is -0.458 e. The third-order valence-corrected chi connectivity index (χ3v) is 9.52. The molecule has 0 bridgehead atoms. The lowest BCUT2D eigenvalue weighted by Gasteiger charge is -2.31. The molecule has 1 fully saturated rings. The molecule has 1 saturated heterocycles. The SMILES string of the molecule is CC[C@@]1(O)C(=O)OCc2c1cc1n(c2=O)Cc2c-1nc1cc(F)c(C)c3c1c2[C@@H](NC(=O)C1CC(O)CN1C)CC3. The summed E-state index contributed by atoms with van der Waals surface area (Å²) in [4.78, 5) is 46.4. The molecule has 4 atom stereocenters. The van der Waals surface area contributed by atoms with E-state index in [0.29, 0.717) is 48.3 Å². The van der Waals surface area contributed by atoms with Crippen LogP contribution in [0, 0.1) is 12.7 Å². The Hall–Kier alpha value is -3.67. The topological polar surface area (TPSA) is 134 Å². The third kappa shape index (κ3) is 3.58. The van der Waals surface area contributed by atoms with Crippen LogP contribution in [0.3, 0.4) is 0 Å². The van der Waals surface area contributed by atoms with E-state index >= 15 is 4.39 Å². The fraction of sp³-hybridized carbons (Fsp3) is 0.467. The molecule has 0 radical (unpaired) electrons. The van der Waals surface area contributed by atoms with Crippen LogP contribution < -0.4 is 10.9 Å². The number of aliphatic hydroxyl groups excluding tert-OH is 1. The number of fused-ring (bicyclic) bond motifs is 5. The van der Waals surface area contributed by atoms with Crippen molar-refractivity contribution < 1.29 is 28.9 Å². The summed E-state index contributed by atoms with van der Waals surface area (Å²) < 4.78 is 21.8. The highest BCUT2D eigenvalue weighted by Gasteiger charge is 2.46. The van der Waals surface area contributed by atoms with Gasteiger partial charge in [-0.25, -0.2) is 14.2 Å². The zero-order valence-electron chi connectivity index (χ0n) is 23.1. The number of aryl methyl sites for hydroxylation is 1. The molecule has 11 heteroatoms. The van der Waals surface area contributed by atoms with Crippen molar-refractivity contribution >= 4 is 22.8 Å². The number of β-amino-alcohol motifs (C(OH)–C–C–N with tert-alkyl or cyclic N) is 1. The number of cyclic esters (lactones) is 1. The Morgan fingerprint density at radius 3 is 2.76 bits per heavy atom. The predicted molar refractivity (Wildman–Crippen MR) is 145 cm³/mol. The Morgan fingerprint density at radius 2 is 2.05 bits per heavy atom. The molecule has 5 heterocycles. The molecule has 4 aliphatic rings. The van der Waals surface area contributed by atoms with Crippen molar-refractivity contribution in [3.8, 4) is 11.4 Å². The number of ether oxygens (including phenoxy) is 1. The summed E-state index contributed by atoms with van der Waals surface area (Å²) in [5.74, 6) is -1.37. The summed E-state index contributed by atoms with van der Waals surface area (Å²) in [5.41, 5.74) is 2.35. The molecule has 3 N–H and O–H groups in total. The Bertz CT molecular complexity index is 1750. The van der Waals surface area contributed by atoms with Gasteiger partial charge in [0.15, 0.2) is 5.60 Å². The zero-order chi connectivity index (χ0) is 29.0. The average Bonchev–Trinajstić information content (AvgIpc) is 3.49. The number of halogens is 1. The van der Waals surface area contributed by atoms with E-state index in [1.807, 2.05) is 11.9 Å². The summed E-state index contributed by atoms with van der Waals surface area (Å²) >= 11 is 0. The second-order valence-electron chi connectivity index (χ2n) is 11.8. The lowest BCUT2D eigenvalue weighted by Crippen LogP contribution is -2.44. The molecule has 2 aromatic heterocycles. The normalized spacial score (nSPS) is 26.5. The van der Waals surface area contributed by atoms with Crippen molar-refractivity contribution in [2.24, 2.45) is 0 Å². The first kappa shape index (κ1) is 26.2. The number of aliphatic hydroxyl groups is 2. The molecule has 3 aromatic rings. The van der Waals surface area contributed by atoms with Crippen molar-refractivity contribution in [1.29, 1.82) is 0 Å². The van der Waals surface area contributed by atoms with Gasteiger partial charge in [0, 0.05) is 29.1 Å². The number of hydrogen-bond acceptors (Lipinski definition) is 8. The zero-order valence-corrected chi connectivity index (χ0v) is 23.1. The maximum absolute atomic E-state index is 15.1. The van der Waals surface area contributed by atoms with Gasteiger partial charge in [0.1, 0.15) is 12.4 Å². The van der Waals surface area contributed by atoms with E-state index < -0.39 is 29.8 Å². The van der Waals surface area contributed by atoms with Crippen LogP contribution in [0.5, 0.6) is 0 Å². The first-order valence-electron chi connectivity index (χ1n) is 14.0. The van der Waals surface area contributed by atoms with Crippen LogP contribution in [0.15, 0.2) is 16.9 Å². The molecule has 0 saturated carbocycles. The van der Waals surface area contributed by atoms with Crippen molar-refractivity contribution in [2.75, 3.05) is 13.6 Å². The number of pyridine rings is 2. The number of esters is 1. The molecule has 2 unspecified atom stereocenters. The molecular weight excluding hydrogens is 531 g/mol. The van der Waals surface area contributed by atoms with E-state index in [2.05, 4.69) is 5.32 Å². The van der Waals surface area contributed by atoms with Gasteiger partial charge in [0.05, 0.1) is 47.2 Å². The second kappa shape index (κ2) is 8.91. The van der Waals surface area contributed by atoms with E-state index in [1.54, 1.807) is 24.5 Å². The summed E-state index contributed by atoms with van der Waals surface area (Å²) in [6.45, 7) is 3.74. The average molecular weight is 563 g/mol. The number of likely N-dealkylation sites (N-methyl/N-ethyl adjacent to an activating group) is 1. The van der Waals surface area contributed by atoms with Gasteiger partial charge in [-0.3, -0.25) is 14.5 Å². The minimum absolute atomic E-state index is 0.0250. The summed E-state index contributed by atoms with van der Waals surface area (Å²) in [6.07, 6.45) is 0.874. The monoisotopic (exact) mass is 562 g/mol. The Morgan fingerprint density at radius 1 is 1.27 bits per heavy atom. The molecule has 7 rings (SSSR count). The van der Waals surface area contributed by atoms with Crippen molar-refractivity contribution in [2.45, 2.75) is 76.5 Å². The number of hydrogen-bond donors (Lipinski definition) is 3. The fourth-order valence-corrected chi connectivity index (χ4v) is 7.25. The van der Waals surface area contributed by atoms with E-state index in [9.17, 15) is 24.6 Å². The molecule has 41 heavy (non-hydrogen) atoms. The van der Waals surface area contributed by atoms with Gasteiger partial charge in [-0.2, -0.15) is 0 Å². The van der Waals surface area contributed by atoms with Crippen molar-refractivity contribution in [3.05, 3.63) is 61.7 Å². The van der Waals surface area contributed by atoms with Crippen molar-refractivity contribution in [3.63, 3.8) is 0 Å². The number of likely N-dealkylation sites (tertiary alicyclic amines) is 1. The number of benzene rings is 1. The van der Waals surface area contributed by atoms with E-state index in [4.69, 9.17) is 9.72 Å². The lowest BCUT2D eigenvalue weighted by atomic mass is 9.81. The molecule has 1 aromatic carbocycles. The van der Waals surface area contributed by atoms with E-state index in [0.717, 1.165) is 22.1 Å². The molecule has 3 aliphatic heterocycles. The first-order valence-corrected chi connectivity index (χ1v) is 14.0. The highest BCUT2D eigenvalue weighted by Crippen LogP contribution is 2.46. The number of nitrogens with zero attached hydrogens (tertiary/aromatic N) is 3. The van der Waals surface area contributed by atoms with Crippen LogP contribution in [0.2, 0.25) is 0 Å². The summed E-state index contributed by atoms with van der Waals surface area (Å²) in [7, 11) is 1.81. The standard InChI is InChI=1S/C30H31FN4O6/c1-4-30(40)18-8-22-26-16(11-35(22)28(38)17(18)12-41-29(30)39)25-20(33-27(37)23-7-14(36)10-34(23)3)6-5-15-13(2)19(31)9-21(32-26)24(15)25/h8-9,14,20,23,36,40H,4-7,10-12H2,1-3H3,(H,33,37)/t14?,20-,23?,30-/m0/s1.